The minimum Gasteiger partial charge on any atom is -0.469 e. The van der Waals surface area contributed by atoms with E-state index < -0.39 is 17.6 Å². The highest BCUT2D eigenvalue weighted by Crippen LogP contribution is 2.70. The number of aliphatic hydroxyl groups is 1. The van der Waals surface area contributed by atoms with Crippen molar-refractivity contribution in [3.63, 3.8) is 0 Å². The van der Waals surface area contributed by atoms with Crippen LogP contribution in [0.4, 0.5) is 0 Å². The molecule has 6 nitrogen and oxygen atoms in total. The van der Waals surface area contributed by atoms with E-state index in [4.69, 9.17) is 9.47 Å². The Bertz CT molecular complexity index is 847. The van der Waals surface area contributed by atoms with Crippen LogP contribution in [0.15, 0.2) is 11.6 Å². The minimum atomic E-state index is -0.611. The quantitative estimate of drug-likeness (QED) is 0.522. The van der Waals surface area contributed by atoms with Crippen molar-refractivity contribution in [3.05, 3.63) is 11.6 Å². The van der Waals surface area contributed by atoms with Crippen LogP contribution in [0, 0.1) is 34.5 Å². The van der Waals surface area contributed by atoms with Crippen LogP contribution in [-0.4, -0.2) is 41.6 Å². The second-order valence-corrected chi connectivity index (χ2v) is 10.8. The number of Topliss-reactive ketones (excluding diaryl/α,β-unsaturated/α-hetero) is 1. The summed E-state index contributed by atoms with van der Waals surface area (Å²) in [5.41, 5.74) is -0.183. The first-order valence-electron chi connectivity index (χ1n) is 11.4. The molecule has 1 heterocycles. The van der Waals surface area contributed by atoms with Crippen molar-refractivity contribution in [3.8, 4) is 0 Å². The van der Waals surface area contributed by atoms with Crippen LogP contribution in [0.2, 0.25) is 0 Å². The van der Waals surface area contributed by atoms with Gasteiger partial charge in [-0.1, -0.05) is 25.5 Å². The molecule has 1 saturated heterocycles. The molecular formula is C24H32O6. The molecule has 0 amide bonds. The number of ketones is 1. The van der Waals surface area contributed by atoms with Crippen molar-refractivity contribution in [1.82, 2.24) is 0 Å². The predicted octanol–water partition coefficient (Wildman–Crippen LogP) is 2.96. The second-order valence-electron chi connectivity index (χ2n) is 10.8. The molecule has 0 bridgehead atoms. The molecular weight excluding hydrogens is 384 g/mol. The van der Waals surface area contributed by atoms with Gasteiger partial charge in [0.2, 0.25) is 0 Å². The van der Waals surface area contributed by atoms with Crippen molar-refractivity contribution in [1.29, 1.82) is 0 Å². The summed E-state index contributed by atoms with van der Waals surface area (Å²) >= 11 is 0. The van der Waals surface area contributed by atoms with Crippen molar-refractivity contribution in [2.24, 2.45) is 34.5 Å². The maximum atomic E-state index is 12.9. The Morgan fingerprint density at radius 3 is 2.63 bits per heavy atom. The summed E-state index contributed by atoms with van der Waals surface area (Å²) in [4.78, 5) is 37.2. The van der Waals surface area contributed by atoms with Gasteiger partial charge in [0, 0.05) is 24.7 Å². The van der Waals surface area contributed by atoms with Gasteiger partial charge in [-0.3, -0.25) is 14.4 Å². The molecule has 0 aromatic heterocycles. The van der Waals surface area contributed by atoms with Gasteiger partial charge in [-0.25, -0.2) is 0 Å². The van der Waals surface area contributed by atoms with Gasteiger partial charge in [-0.15, -0.1) is 0 Å². The fourth-order valence-electron chi connectivity index (χ4n) is 8.26. The SMILES string of the molecule is COC(=O)[C@@H]1C=C2CC(=O)CCC2(C)C2C(O)CC3(C)C(CC[C@@]34CCC(=O)O4)C21. The molecule has 8 atom stereocenters. The number of carbonyl (C=O) groups is 3. The molecule has 5 rings (SSSR count). The summed E-state index contributed by atoms with van der Waals surface area (Å²) in [5, 5.41) is 11.6. The van der Waals surface area contributed by atoms with E-state index in [1.165, 1.54) is 7.11 Å². The summed E-state index contributed by atoms with van der Waals surface area (Å²) in [6.07, 6.45) is 6.34. The van der Waals surface area contributed by atoms with Crippen molar-refractivity contribution < 1.29 is 29.0 Å². The summed E-state index contributed by atoms with van der Waals surface area (Å²) in [6, 6.07) is 0. The lowest BCUT2D eigenvalue weighted by molar-refractivity contribution is -0.192. The molecule has 4 fully saturated rings. The summed E-state index contributed by atoms with van der Waals surface area (Å²) < 4.78 is 11.1. The molecule has 1 aliphatic heterocycles. The summed E-state index contributed by atoms with van der Waals surface area (Å²) in [5.74, 6) is -0.728. The Morgan fingerprint density at radius 1 is 1.20 bits per heavy atom. The third-order valence-corrected chi connectivity index (χ3v) is 9.74. The zero-order chi connectivity index (χ0) is 21.5. The topological polar surface area (TPSA) is 89.9 Å². The lowest BCUT2D eigenvalue weighted by Gasteiger charge is -2.61. The monoisotopic (exact) mass is 416 g/mol. The van der Waals surface area contributed by atoms with E-state index in [0.29, 0.717) is 38.5 Å². The average molecular weight is 417 g/mol. The Kier molecular flexibility index (Phi) is 4.32. The zero-order valence-corrected chi connectivity index (χ0v) is 18.1. The fourth-order valence-corrected chi connectivity index (χ4v) is 8.26. The van der Waals surface area contributed by atoms with Crippen LogP contribution in [0.3, 0.4) is 0 Å². The largest absolute Gasteiger partial charge is 0.469 e. The lowest BCUT2D eigenvalue weighted by atomic mass is 9.44. The first-order valence-corrected chi connectivity index (χ1v) is 11.4. The Morgan fingerprint density at radius 2 is 1.97 bits per heavy atom. The molecule has 3 saturated carbocycles. The maximum Gasteiger partial charge on any atom is 0.312 e. The highest BCUT2D eigenvalue weighted by molar-refractivity contribution is 5.84. The third kappa shape index (κ3) is 2.43. The molecule has 0 aromatic rings. The van der Waals surface area contributed by atoms with Gasteiger partial charge in [0.25, 0.3) is 0 Å². The van der Waals surface area contributed by atoms with E-state index in [1.54, 1.807) is 0 Å². The maximum absolute atomic E-state index is 12.9. The van der Waals surface area contributed by atoms with Crippen molar-refractivity contribution in [2.45, 2.75) is 76.9 Å². The van der Waals surface area contributed by atoms with E-state index in [2.05, 4.69) is 13.8 Å². The summed E-state index contributed by atoms with van der Waals surface area (Å²) in [6.45, 7) is 4.33. The number of carbonyl (C=O) groups excluding carboxylic acids is 3. The first-order chi connectivity index (χ1) is 14.1. The van der Waals surface area contributed by atoms with Crippen LogP contribution >= 0.6 is 0 Å². The van der Waals surface area contributed by atoms with E-state index in [-0.39, 0.29) is 46.3 Å². The lowest BCUT2D eigenvalue weighted by Crippen LogP contribution is -2.62. The molecule has 0 aromatic carbocycles. The molecule has 5 aliphatic rings. The third-order valence-electron chi connectivity index (χ3n) is 9.74. The molecule has 4 aliphatic carbocycles. The number of methoxy groups -OCH3 is 1. The first kappa shape index (κ1) is 20.2. The number of ether oxygens (including phenoxy) is 2. The van der Waals surface area contributed by atoms with Gasteiger partial charge in [0.05, 0.1) is 19.1 Å². The van der Waals surface area contributed by atoms with Gasteiger partial charge >= 0.3 is 11.9 Å². The van der Waals surface area contributed by atoms with Crippen LogP contribution in [0.25, 0.3) is 0 Å². The van der Waals surface area contributed by atoms with Gasteiger partial charge in [0.1, 0.15) is 11.4 Å². The number of esters is 2. The number of allylic oxidation sites excluding steroid dienone is 1. The highest BCUT2D eigenvalue weighted by atomic mass is 16.6. The smallest absolute Gasteiger partial charge is 0.312 e. The molecule has 30 heavy (non-hydrogen) atoms. The second kappa shape index (κ2) is 6.41. The zero-order valence-electron chi connectivity index (χ0n) is 18.1. The molecule has 164 valence electrons. The van der Waals surface area contributed by atoms with E-state index in [1.807, 2.05) is 6.08 Å². The van der Waals surface area contributed by atoms with Gasteiger partial charge in [-0.2, -0.15) is 0 Å². The number of hydrogen-bond acceptors (Lipinski definition) is 6. The number of rotatable bonds is 1. The van der Waals surface area contributed by atoms with Crippen LogP contribution < -0.4 is 0 Å². The fraction of sp³-hybridized carbons (Fsp3) is 0.792. The number of hydrogen-bond donors (Lipinski definition) is 1. The molecule has 1 N–H and O–H groups in total. The van der Waals surface area contributed by atoms with Crippen molar-refractivity contribution in [2.75, 3.05) is 7.11 Å². The van der Waals surface area contributed by atoms with E-state index in [0.717, 1.165) is 18.4 Å². The van der Waals surface area contributed by atoms with Gasteiger partial charge < -0.3 is 14.6 Å². The van der Waals surface area contributed by atoms with Crippen LogP contribution in [0.5, 0.6) is 0 Å². The normalized spacial score (nSPS) is 49.7. The number of fused-ring (bicyclic) bond motifs is 6. The molecule has 1 spiro atoms. The van der Waals surface area contributed by atoms with Crippen LogP contribution in [-0.2, 0) is 23.9 Å². The van der Waals surface area contributed by atoms with Crippen LogP contribution in [0.1, 0.15) is 65.2 Å². The molecule has 0 radical (unpaired) electrons. The molecule has 6 heteroatoms. The Labute approximate surface area is 177 Å². The van der Waals surface area contributed by atoms with Crippen molar-refractivity contribution >= 4 is 17.7 Å². The molecule has 6 unspecified atom stereocenters. The Balaban J connectivity index is 1.63. The van der Waals surface area contributed by atoms with Gasteiger partial charge in [0.15, 0.2) is 0 Å². The van der Waals surface area contributed by atoms with Gasteiger partial charge in [-0.05, 0) is 55.3 Å². The number of aliphatic hydroxyl groups excluding tert-OH is 1. The predicted molar refractivity (Wildman–Crippen MR) is 107 cm³/mol. The Hall–Kier alpha value is -1.69. The standard InChI is InChI=1S/C24H32O6/c1-22-7-4-14(25)10-13(22)11-15(21(28)29-3)19-16-5-8-24(9-6-18(27)30-24)23(16,2)12-17(26)20(19)22/h11,15-17,19-20,26H,4-10,12H2,1-3H3/t15-,16?,17?,19?,20?,22?,23?,24-/m1/s1. The minimum absolute atomic E-state index is 0.0770. The average Bonchev–Trinajstić information content (AvgIpc) is 3.21. The highest BCUT2D eigenvalue weighted by Gasteiger charge is 2.70. The van der Waals surface area contributed by atoms with E-state index in [9.17, 15) is 19.5 Å². The van der Waals surface area contributed by atoms with E-state index >= 15 is 0 Å². The summed E-state index contributed by atoms with van der Waals surface area (Å²) in [7, 11) is 1.41.